The molecule has 0 aliphatic carbocycles. The van der Waals surface area contributed by atoms with Crippen molar-refractivity contribution in [3.05, 3.63) is 0 Å². The van der Waals surface area contributed by atoms with E-state index in [1.165, 1.54) is 0 Å². The van der Waals surface area contributed by atoms with E-state index in [0.29, 0.717) is 0 Å². The third kappa shape index (κ3) is 4.68. The minimum absolute atomic E-state index is 1.06. The second kappa shape index (κ2) is 7.37. The van der Waals surface area contributed by atoms with Gasteiger partial charge < -0.3 is 23.7 Å². The molecule has 0 spiro atoms. The first-order valence-electron chi connectivity index (χ1n) is 10.2. The predicted octanol–water partition coefficient (Wildman–Crippen LogP) is 0.173. The van der Waals surface area contributed by atoms with E-state index in [-0.39, 0.29) is 0 Å². The lowest BCUT2D eigenvalue weighted by Gasteiger charge is -2.25. The molecule has 0 N–H and O–H groups in total. The highest BCUT2D eigenvalue weighted by atomic mass is 16.7. The van der Waals surface area contributed by atoms with Gasteiger partial charge in [0.25, 0.3) is 0 Å². The van der Waals surface area contributed by atoms with Gasteiger partial charge in [0.15, 0.2) is 18.5 Å². The Morgan fingerprint density at radius 1 is 1.05 bits per heavy atom. The number of carbonyl (C=O) groups excluding carboxylic acids is 3. The molecule has 1 heterocycles. The van der Waals surface area contributed by atoms with E-state index in [4.69, 9.17) is 36.0 Å². The molecular weight excluding hydrogens is 284 g/mol. The van der Waals surface area contributed by atoms with Crippen LogP contribution in [0.25, 0.3) is 0 Å². The van der Waals surface area contributed by atoms with Crippen molar-refractivity contribution in [3.8, 4) is 0 Å². The summed E-state index contributed by atoms with van der Waals surface area (Å²) in [5.74, 6) is -5.10. The number of methoxy groups -OCH3 is 1. The van der Waals surface area contributed by atoms with E-state index in [1.54, 1.807) is 0 Å². The Kier molecular flexibility index (Phi) is 2.84. The van der Waals surface area contributed by atoms with E-state index in [2.05, 4.69) is 0 Å². The van der Waals surface area contributed by atoms with Crippen LogP contribution in [0.1, 0.15) is 39.8 Å². The molecule has 0 aromatic carbocycles. The molecule has 21 heavy (non-hydrogen) atoms. The van der Waals surface area contributed by atoms with Gasteiger partial charge in [0, 0.05) is 40.0 Å². The second-order valence-corrected chi connectivity index (χ2v) is 4.06. The average Bonchev–Trinajstić information content (AvgIpc) is 2.89. The molecule has 1 rings (SSSR count). The number of hydrogen-bond acceptors (Lipinski definition) is 8. The van der Waals surface area contributed by atoms with Crippen LogP contribution in [0.3, 0.4) is 0 Å². The molecule has 1 fully saturated rings. The van der Waals surface area contributed by atoms with Gasteiger partial charge in [-0.25, -0.2) is 0 Å². The SMILES string of the molecule is [2H]C([2H])([2H])C(=O)O[C@H]1[C@@H]([C@@H](C)OC(=O)C([2H])([2H])[2H])OC(OC)[C@@H]1OC(=O)C([2H])([2H])[2H]. The fourth-order valence-corrected chi connectivity index (χ4v) is 1.96. The molecule has 120 valence electrons. The smallest absolute Gasteiger partial charge is 0.303 e. The minimum atomic E-state index is -3.24. The van der Waals surface area contributed by atoms with Crippen molar-refractivity contribution in [1.29, 1.82) is 0 Å². The van der Waals surface area contributed by atoms with Gasteiger partial charge in [-0.15, -0.1) is 0 Å². The van der Waals surface area contributed by atoms with E-state index in [1.807, 2.05) is 0 Å². The van der Waals surface area contributed by atoms with E-state index < -0.39 is 69.2 Å². The molecule has 1 aliphatic heterocycles. The van der Waals surface area contributed by atoms with Crippen molar-refractivity contribution in [3.63, 3.8) is 0 Å². The highest BCUT2D eigenvalue weighted by Crippen LogP contribution is 2.30. The summed E-state index contributed by atoms with van der Waals surface area (Å²) in [5.41, 5.74) is 0. The maximum absolute atomic E-state index is 11.9. The van der Waals surface area contributed by atoms with Gasteiger partial charge in [0.05, 0.1) is 0 Å². The standard InChI is InChI=1S/C13H20O8/c1-6(18-7(2)14)10-11(19-8(3)15)12(20-9(4)16)13(17-5)21-10/h6,10-13H,1-5H3/t6-,10-,11+,12-,13?/m1/s1/i2D3,3D3,4D3. The van der Waals surface area contributed by atoms with Crippen molar-refractivity contribution in [2.75, 3.05) is 7.11 Å². The fraction of sp³-hybridized carbons (Fsp3) is 0.769. The van der Waals surface area contributed by atoms with Crippen LogP contribution in [-0.2, 0) is 38.1 Å². The average molecular weight is 313 g/mol. The van der Waals surface area contributed by atoms with Crippen molar-refractivity contribution >= 4 is 17.9 Å². The van der Waals surface area contributed by atoms with Crippen LogP contribution in [0, 0.1) is 0 Å². The highest BCUT2D eigenvalue weighted by molar-refractivity contribution is 5.68. The molecule has 0 aromatic rings. The lowest BCUT2D eigenvalue weighted by molar-refractivity contribution is -0.185. The Balaban J connectivity index is 3.22. The lowest BCUT2D eigenvalue weighted by atomic mass is 10.1. The van der Waals surface area contributed by atoms with Gasteiger partial charge in [-0.2, -0.15) is 0 Å². The zero-order valence-electron chi connectivity index (χ0n) is 20.2. The zero-order chi connectivity index (χ0) is 23.7. The quantitative estimate of drug-likeness (QED) is 0.523. The number of esters is 3. The molecule has 1 aliphatic rings. The van der Waals surface area contributed by atoms with Gasteiger partial charge in [-0.1, -0.05) is 0 Å². The van der Waals surface area contributed by atoms with Gasteiger partial charge in [-0.05, 0) is 6.92 Å². The van der Waals surface area contributed by atoms with Crippen LogP contribution < -0.4 is 0 Å². The second-order valence-electron chi connectivity index (χ2n) is 4.06. The largest absolute Gasteiger partial charge is 0.460 e. The molecule has 0 radical (unpaired) electrons. The third-order valence-electron chi connectivity index (χ3n) is 2.68. The van der Waals surface area contributed by atoms with E-state index in [9.17, 15) is 14.4 Å². The molecule has 5 atom stereocenters. The summed E-state index contributed by atoms with van der Waals surface area (Å²) in [6, 6.07) is 0. The van der Waals surface area contributed by atoms with Crippen LogP contribution in [-0.4, -0.2) is 55.7 Å². The van der Waals surface area contributed by atoms with Crippen LogP contribution in [0.15, 0.2) is 0 Å². The first-order valence-corrected chi connectivity index (χ1v) is 5.71. The summed E-state index contributed by atoms with van der Waals surface area (Å²) in [5, 5.41) is 0. The Labute approximate surface area is 135 Å². The summed E-state index contributed by atoms with van der Waals surface area (Å²) in [7, 11) is 1.06. The van der Waals surface area contributed by atoms with Crippen LogP contribution in [0.4, 0.5) is 0 Å². The zero-order valence-corrected chi connectivity index (χ0v) is 11.2. The van der Waals surface area contributed by atoms with Gasteiger partial charge in [-0.3, -0.25) is 14.4 Å². The number of ether oxygens (including phenoxy) is 5. The Morgan fingerprint density at radius 3 is 2.14 bits per heavy atom. The normalized spacial score (nSPS) is 37.7. The Bertz CT molecular complexity index is 656. The Morgan fingerprint density at radius 2 is 1.62 bits per heavy atom. The molecule has 1 unspecified atom stereocenters. The van der Waals surface area contributed by atoms with Crippen molar-refractivity contribution in [2.45, 2.75) is 58.2 Å². The molecule has 0 aromatic heterocycles. The summed E-state index contributed by atoms with van der Waals surface area (Å²) >= 11 is 0. The molecule has 0 bridgehead atoms. The van der Waals surface area contributed by atoms with Crippen LogP contribution in [0.2, 0.25) is 0 Å². The first-order chi connectivity index (χ1) is 13.4. The molecule has 8 nitrogen and oxygen atoms in total. The predicted molar refractivity (Wildman–Crippen MR) is 68.0 cm³/mol. The van der Waals surface area contributed by atoms with Gasteiger partial charge in [0.2, 0.25) is 0 Å². The maximum atomic E-state index is 11.9. The number of carbonyl (C=O) groups is 3. The third-order valence-corrected chi connectivity index (χ3v) is 2.68. The topological polar surface area (TPSA) is 97.4 Å². The van der Waals surface area contributed by atoms with E-state index in [0.717, 1.165) is 14.0 Å². The number of rotatable bonds is 5. The molecule has 8 heteroatoms. The Hall–Kier alpha value is -1.67. The summed E-state index contributed by atoms with van der Waals surface area (Å²) < 4.78 is 88.2. The lowest BCUT2D eigenvalue weighted by Crippen LogP contribution is -2.44. The summed E-state index contributed by atoms with van der Waals surface area (Å²) in [6.45, 7) is -8.45. The van der Waals surface area contributed by atoms with Crippen molar-refractivity contribution in [1.82, 2.24) is 0 Å². The monoisotopic (exact) mass is 313 g/mol. The van der Waals surface area contributed by atoms with Crippen LogP contribution in [0.5, 0.6) is 0 Å². The van der Waals surface area contributed by atoms with E-state index >= 15 is 0 Å². The minimum Gasteiger partial charge on any atom is -0.460 e. The number of hydrogen-bond donors (Lipinski definition) is 0. The summed E-state index contributed by atoms with van der Waals surface area (Å²) in [4.78, 5) is 35.3. The first kappa shape index (κ1) is 8.09. The fourth-order valence-electron chi connectivity index (χ4n) is 1.96. The highest BCUT2D eigenvalue weighted by Gasteiger charge is 2.52. The van der Waals surface area contributed by atoms with Gasteiger partial charge in [0.1, 0.15) is 12.2 Å². The molecule has 0 amide bonds. The molecular formula is C13H20O8. The van der Waals surface area contributed by atoms with Crippen molar-refractivity contribution < 1.29 is 50.4 Å². The van der Waals surface area contributed by atoms with Gasteiger partial charge >= 0.3 is 17.9 Å². The molecule has 0 saturated carbocycles. The maximum Gasteiger partial charge on any atom is 0.303 e. The van der Waals surface area contributed by atoms with Crippen LogP contribution >= 0.6 is 0 Å². The molecule has 1 saturated heterocycles. The summed E-state index contributed by atoms with van der Waals surface area (Å²) in [6.07, 6.45) is -8.12. The van der Waals surface area contributed by atoms with Crippen molar-refractivity contribution in [2.24, 2.45) is 0 Å².